The SMILES string of the molecule is CC(C)n1cnnc1CN(C)CC(=O)Nc1cccc(C(=O)O)c1. The van der Waals surface area contributed by atoms with E-state index in [1.807, 2.05) is 30.4 Å². The number of carboxylic acids is 1. The van der Waals surface area contributed by atoms with Gasteiger partial charge in [-0.25, -0.2) is 4.79 Å². The lowest BCUT2D eigenvalue weighted by molar-refractivity contribution is -0.117. The third-order valence-corrected chi connectivity index (χ3v) is 3.42. The van der Waals surface area contributed by atoms with Gasteiger partial charge in [-0.05, 0) is 39.1 Å². The highest BCUT2D eigenvalue weighted by Gasteiger charge is 2.13. The van der Waals surface area contributed by atoms with Crippen molar-refractivity contribution in [2.45, 2.75) is 26.4 Å². The van der Waals surface area contributed by atoms with E-state index in [1.165, 1.54) is 12.1 Å². The number of carbonyl (C=O) groups is 2. The molecule has 0 aliphatic heterocycles. The number of aromatic carboxylic acids is 1. The Morgan fingerprint density at radius 2 is 2.12 bits per heavy atom. The molecule has 0 saturated heterocycles. The summed E-state index contributed by atoms with van der Waals surface area (Å²) in [7, 11) is 1.81. The minimum Gasteiger partial charge on any atom is -0.478 e. The number of aromatic nitrogens is 3. The maximum Gasteiger partial charge on any atom is 0.335 e. The summed E-state index contributed by atoms with van der Waals surface area (Å²) >= 11 is 0. The van der Waals surface area contributed by atoms with Crippen LogP contribution in [0.2, 0.25) is 0 Å². The number of carbonyl (C=O) groups excluding carboxylic acids is 1. The number of nitrogens with zero attached hydrogens (tertiary/aromatic N) is 4. The van der Waals surface area contributed by atoms with Crippen LogP contribution in [0.25, 0.3) is 0 Å². The van der Waals surface area contributed by atoms with E-state index in [-0.39, 0.29) is 24.1 Å². The first kappa shape index (κ1) is 17.6. The zero-order chi connectivity index (χ0) is 17.7. The summed E-state index contributed by atoms with van der Waals surface area (Å²) < 4.78 is 1.95. The van der Waals surface area contributed by atoms with Crippen LogP contribution < -0.4 is 5.32 Å². The summed E-state index contributed by atoms with van der Waals surface area (Å²) in [6.07, 6.45) is 1.67. The number of rotatable bonds is 7. The van der Waals surface area contributed by atoms with E-state index >= 15 is 0 Å². The summed E-state index contributed by atoms with van der Waals surface area (Å²) in [5.41, 5.74) is 0.588. The van der Waals surface area contributed by atoms with Gasteiger partial charge in [-0.3, -0.25) is 9.69 Å². The Balaban J connectivity index is 1.93. The molecule has 1 amide bonds. The molecular weight excluding hydrogens is 310 g/mol. The number of nitrogens with one attached hydrogen (secondary N) is 1. The van der Waals surface area contributed by atoms with Crippen LogP contribution in [-0.4, -0.2) is 50.2 Å². The van der Waals surface area contributed by atoms with E-state index in [4.69, 9.17) is 5.11 Å². The Kier molecular flexibility index (Phi) is 5.64. The van der Waals surface area contributed by atoms with Crippen molar-refractivity contribution < 1.29 is 14.7 Å². The van der Waals surface area contributed by atoms with Crippen molar-refractivity contribution in [2.75, 3.05) is 18.9 Å². The molecule has 0 atom stereocenters. The lowest BCUT2D eigenvalue weighted by atomic mass is 10.2. The third-order valence-electron chi connectivity index (χ3n) is 3.42. The zero-order valence-corrected chi connectivity index (χ0v) is 13.9. The zero-order valence-electron chi connectivity index (χ0n) is 13.9. The lowest BCUT2D eigenvalue weighted by Crippen LogP contribution is -2.31. The second-order valence-electron chi connectivity index (χ2n) is 5.85. The van der Waals surface area contributed by atoms with Crippen LogP contribution in [0.5, 0.6) is 0 Å². The van der Waals surface area contributed by atoms with Crippen LogP contribution in [0.3, 0.4) is 0 Å². The standard InChI is InChI=1S/C16H21N5O3/c1-11(2)21-10-17-19-14(21)8-20(3)9-15(22)18-13-6-4-5-12(7-13)16(23)24/h4-7,10-11H,8-9H2,1-3H3,(H,18,22)(H,23,24). The van der Waals surface area contributed by atoms with Crippen LogP contribution in [0.1, 0.15) is 36.1 Å². The molecule has 2 rings (SSSR count). The molecule has 0 saturated carbocycles. The van der Waals surface area contributed by atoms with E-state index in [0.29, 0.717) is 12.2 Å². The van der Waals surface area contributed by atoms with Gasteiger partial charge in [0.25, 0.3) is 0 Å². The average Bonchev–Trinajstić information content (AvgIpc) is 2.95. The highest BCUT2D eigenvalue weighted by atomic mass is 16.4. The Morgan fingerprint density at radius 3 is 2.79 bits per heavy atom. The average molecular weight is 331 g/mol. The molecule has 0 aliphatic rings. The van der Waals surface area contributed by atoms with Gasteiger partial charge in [-0.15, -0.1) is 10.2 Å². The molecule has 0 aliphatic carbocycles. The first-order chi connectivity index (χ1) is 11.4. The summed E-state index contributed by atoms with van der Waals surface area (Å²) in [6, 6.07) is 6.39. The number of anilines is 1. The van der Waals surface area contributed by atoms with E-state index < -0.39 is 5.97 Å². The van der Waals surface area contributed by atoms with Gasteiger partial charge in [-0.2, -0.15) is 0 Å². The van der Waals surface area contributed by atoms with Crippen molar-refractivity contribution >= 4 is 17.6 Å². The number of amides is 1. The minimum atomic E-state index is -1.03. The fourth-order valence-electron chi connectivity index (χ4n) is 2.28. The molecular formula is C16H21N5O3. The van der Waals surface area contributed by atoms with Crippen molar-refractivity contribution in [3.05, 3.63) is 42.0 Å². The van der Waals surface area contributed by atoms with Gasteiger partial charge in [-0.1, -0.05) is 6.07 Å². The number of hydrogen-bond donors (Lipinski definition) is 2. The molecule has 2 aromatic rings. The highest BCUT2D eigenvalue weighted by molar-refractivity contribution is 5.94. The molecule has 8 heteroatoms. The van der Waals surface area contributed by atoms with E-state index in [1.54, 1.807) is 18.5 Å². The van der Waals surface area contributed by atoms with E-state index in [9.17, 15) is 9.59 Å². The summed E-state index contributed by atoms with van der Waals surface area (Å²) in [5.74, 6) is -0.472. The maximum atomic E-state index is 12.1. The molecule has 2 N–H and O–H groups in total. The van der Waals surface area contributed by atoms with Crippen molar-refractivity contribution in [1.29, 1.82) is 0 Å². The van der Waals surface area contributed by atoms with Crippen LogP contribution in [0.15, 0.2) is 30.6 Å². The molecule has 1 aromatic heterocycles. The first-order valence-corrected chi connectivity index (χ1v) is 7.57. The van der Waals surface area contributed by atoms with Gasteiger partial charge < -0.3 is 15.0 Å². The normalized spacial score (nSPS) is 11.0. The summed E-state index contributed by atoms with van der Waals surface area (Å²) in [4.78, 5) is 24.9. The predicted molar refractivity (Wildman–Crippen MR) is 88.8 cm³/mol. The second-order valence-corrected chi connectivity index (χ2v) is 5.85. The lowest BCUT2D eigenvalue weighted by Gasteiger charge is -2.17. The van der Waals surface area contributed by atoms with Gasteiger partial charge in [0.05, 0.1) is 18.7 Å². The smallest absolute Gasteiger partial charge is 0.335 e. The molecule has 0 bridgehead atoms. The van der Waals surface area contributed by atoms with Gasteiger partial charge in [0.2, 0.25) is 5.91 Å². The van der Waals surface area contributed by atoms with Crippen molar-refractivity contribution in [1.82, 2.24) is 19.7 Å². The largest absolute Gasteiger partial charge is 0.478 e. The van der Waals surface area contributed by atoms with Gasteiger partial charge in [0.1, 0.15) is 12.2 Å². The number of benzene rings is 1. The van der Waals surface area contributed by atoms with Crippen LogP contribution in [-0.2, 0) is 11.3 Å². The van der Waals surface area contributed by atoms with Crippen LogP contribution in [0, 0.1) is 0 Å². The Labute approximate surface area is 140 Å². The second kappa shape index (κ2) is 7.69. The topological polar surface area (TPSA) is 100 Å². The molecule has 8 nitrogen and oxygen atoms in total. The summed E-state index contributed by atoms with van der Waals surface area (Å²) in [5, 5.41) is 19.6. The molecule has 0 fully saturated rings. The third kappa shape index (κ3) is 4.63. The van der Waals surface area contributed by atoms with Crippen LogP contribution >= 0.6 is 0 Å². The fraction of sp³-hybridized carbons (Fsp3) is 0.375. The molecule has 0 spiro atoms. The van der Waals surface area contributed by atoms with E-state index in [2.05, 4.69) is 15.5 Å². The predicted octanol–water partition coefficient (Wildman–Crippen LogP) is 1.63. The van der Waals surface area contributed by atoms with Crippen molar-refractivity contribution in [3.63, 3.8) is 0 Å². The Morgan fingerprint density at radius 1 is 1.38 bits per heavy atom. The maximum absolute atomic E-state index is 12.1. The summed E-state index contributed by atoms with van der Waals surface area (Å²) in [6.45, 7) is 4.72. The monoisotopic (exact) mass is 331 g/mol. The highest BCUT2D eigenvalue weighted by Crippen LogP contribution is 2.11. The Hall–Kier alpha value is -2.74. The van der Waals surface area contributed by atoms with Gasteiger partial charge in [0.15, 0.2) is 0 Å². The first-order valence-electron chi connectivity index (χ1n) is 7.57. The van der Waals surface area contributed by atoms with Crippen molar-refractivity contribution in [3.8, 4) is 0 Å². The minimum absolute atomic E-state index is 0.131. The van der Waals surface area contributed by atoms with Crippen molar-refractivity contribution in [2.24, 2.45) is 0 Å². The number of carboxylic acid groups (broad SMARTS) is 1. The van der Waals surface area contributed by atoms with Gasteiger partial charge in [0, 0.05) is 11.7 Å². The quantitative estimate of drug-likeness (QED) is 0.800. The molecule has 0 radical (unpaired) electrons. The molecule has 24 heavy (non-hydrogen) atoms. The number of likely N-dealkylation sites (N-methyl/N-ethyl adjacent to an activating group) is 1. The van der Waals surface area contributed by atoms with E-state index in [0.717, 1.165) is 5.82 Å². The molecule has 0 unspecified atom stereocenters. The molecule has 1 heterocycles. The van der Waals surface area contributed by atoms with Gasteiger partial charge >= 0.3 is 5.97 Å². The Bertz CT molecular complexity index is 726. The van der Waals surface area contributed by atoms with Crippen LogP contribution in [0.4, 0.5) is 5.69 Å². The fourth-order valence-corrected chi connectivity index (χ4v) is 2.28. The number of hydrogen-bond acceptors (Lipinski definition) is 5. The molecule has 1 aromatic carbocycles. The molecule has 128 valence electrons.